The number of nitrogens with zero attached hydrogens (tertiary/aromatic N) is 5. The second-order valence-electron chi connectivity index (χ2n) is 8.62. The Morgan fingerprint density at radius 2 is 1.13 bits per heavy atom. The molecule has 1 aliphatic heterocycles. The van der Waals surface area contributed by atoms with Crippen LogP contribution < -0.4 is 0 Å². The Bertz CT molecular complexity index is 716. The molecule has 16 heteroatoms. The molecule has 1 fully saturated rings. The largest absolute Gasteiger partial charge is 0.480 e. The second-order valence-corrected chi connectivity index (χ2v) is 8.81. The Balaban J connectivity index is 0.0000137. The minimum Gasteiger partial charge on any atom is -0.480 e. The van der Waals surface area contributed by atoms with Gasteiger partial charge in [0.2, 0.25) is 0 Å². The predicted octanol–water partition coefficient (Wildman–Crippen LogP) is -2.04. The summed E-state index contributed by atoms with van der Waals surface area (Å²) in [6, 6.07) is 0. The molecule has 0 amide bonds. The summed E-state index contributed by atoms with van der Waals surface area (Å²) >= 11 is 4.47. The van der Waals surface area contributed by atoms with Crippen LogP contribution in [0.5, 0.6) is 0 Å². The van der Waals surface area contributed by atoms with Crippen LogP contribution in [0.1, 0.15) is 0 Å². The first-order valence-corrected chi connectivity index (χ1v) is 12.5. The summed E-state index contributed by atoms with van der Waals surface area (Å²) in [5.41, 5.74) is 0. The van der Waals surface area contributed by atoms with Crippen LogP contribution in [0.3, 0.4) is 0 Å². The quantitative estimate of drug-likeness (QED) is 0.0785. The van der Waals surface area contributed by atoms with E-state index in [1.165, 1.54) is 0 Å². The van der Waals surface area contributed by atoms with E-state index < -0.39 is 24.0 Å². The van der Waals surface area contributed by atoms with Crippen LogP contribution in [-0.2, 0) is 23.9 Å². The molecule has 1 atom stereocenters. The maximum atomic E-state index is 11.3. The molecule has 0 aromatic carbocycles. The third kappa shape index (κ3) is 20.2. The van der Waals surface area contributed by atoms with E-state index in [1.807, 2.05) is 4.90 Å². The molecule has 0 spiro atoms. The number of carboxylic acid groups (broad SMARTS) is 3. The van der Waals surface area contributed by atoms with Crippen molar-refractivity contribution in [3.8, 4) is 0 Å². The number of rotatable bonds is 16. The van der Waals surface area contributed by atoms with Gasteiger partial charge in [0.25, 0.3) is 0 Å². The molecule has 0 saturated carbocycles. The Labute approximate surface area is 260 Å². The molecule has 1 aliphatic rings. The summed E-state index contributed by atoms with van der Waals surface area (Å²) in [5.74, 6) is -2.97. The van der Waals surface area contributed by atoms with Crippen molar-refractivity contribution in [3.05, 3.63) is 0 Å². The molecule has 0 radical (unpaired) electrons. The van der Waals surface area contributed by atoms with E-state index in [0.717, 1.165) is 0 Å². The van der Waals surface area contributed by atoms with E-state index >= 15 is 0 Å². The summed E-state index contributed by atoms with van der Waals surface area (Å²) < 4.78 is 10.8. The van der Waals surface area contributed by atoms with Crippen molar-refractivity contribution < 1.29 is 84.2 Å². The van der Waals surface area contributed by atoms with E-state index in [1.54, 1.807) is 14.7 Å². The van der Waals surface area contributed by atoms with Gasteiger partial charge in [-0.15, -0.1) is 0 Å². The molecule has 1 heterocycles. The third-order valence-corrected chi connectivity index (χ3v) is 5.70. The van der Waals surface area contributed by atoms with Crippen molar-refractivity contribution in [1.82, 2.24) is 19.6 Å². The SMILES string of the molecule is O=C(O)CN1CCN(CC(=O)O)CCN(CC(O)COCCOCCN=C=S)CCN(CC(=O)O)CC1.[Gd]. The van der Waals surface area contributed by atoms with Crippen LogP contribution in [-0.4, -0.2) is 181 Å². The van der Waals surface area contributed by atoms with Gasteiger partial charge in [0, 0.05) is 98.8 Å². The number of hydrogen-bond donors (Lipinski definition) is 4. The van der Waals surface area contributed by atoms with E-state index in [0.29, 0.717) is 78.7 Å². The fraction of sp³-hybridized carbons (Fsp3) is 0.818. The number of carboxylic acids is 3. The number of aliphatic imine (C=N–C) groups is 1. The minimum atomic E-state index is -1.00. The Morgan fingerprint density at radius 1 is 0.737 bits per heavy atom. The molecule has 0 aromatic rings. The monoisotopic (exact) mass is 707 g/mol. The van der Waals surface area contributed by atoms with E-state index in [-0.39, 0.29) is 72.7 Å². The van der Waals surface area contributed by atoms with Gasteiger partial charge in [-0.1, -0.05) is 0 Å². The van der Waals surface area contributed by atoms with E-state index in [2.05, 4.69) is 22.4 Å². The summed E-state index contributed by atoms with van der Waals surface area (Å²) in [5, 5.41) is 40.5. The topological polar surface area (TPSA) is 176 Å². The van der Waals surface area contributed by atoms with Crippen LogP contribution in [0.25, 0.3) is 0 Å². The molecular formula is C22H39GdN5O9S. The van der Waals surface area contributed by atoms with Gasteiger partial charge in [-0.3, -0.25) is 34.0 Å². The van der Waals surface area contributed by atoms with Crippen molar-refractivity contribution in [2.24, 2.45) is 4.99 Å². The van der Waals surface area contributed by atoms with Gasteiger partial charge < -0.3 is 29.9 Å². The fourth-order valence-corrected chi connectivity index (χ4v) is 3.85. The fourth-order valence-electron chi connectivity index (χ4n) is 3.76. The van der Waals surface area contributed by atoms with Gasteiger partial charge in [-0.05, 0) is 12.2 Å². The molecule has 1 rings (SSSR count). The van der Waals surface area contributed by atoms with E-state index in [9.17, 15) is 34.8 Å². The zero-order valence-corrected chi connectivity index (χ0v) is 24.5. The van der Waals surface area contributed by atoms with Gasteiger partial charge in [0.05, 0.1) is 63.9 Å². The Hall–Kier alpha value is -0.745. The molecule has 220 valence electrons. The normalized spacial score (nSPS) is 17.8. The minimum absolute atomic E-state index is 0. The average molecular weight is 707 g/mol. The summed E-state index contributed by atoms with van der Waals surface area (Å²) in [4.78, 5) is 44.8. The number of isothiocyanates is 1. The third-order valence-electron chi connectivity index (χ3n) is 5.57. The first-order chi connectivity index (χ1) is 17.7. The smallest absolute Gasteiger partial charge is 0.317 e. The number of aliphatic hydroxyl groups is 1. The van der Waals surface area contributed by atoms with Gasteiger partial charge in [-0.2, -0.15) is 0 Å². The van der Waals surface area contributed by atoms with Crippen molar-refractivity contribution in [2.75, 3.05) is 112 Å². The first kappa shape index (κ1) is 37.3. The summed E-state index contributed by atoms with van der Waals surface area (Å²) in [6.07, 6.45) is -0.806. The molecule has 4 N–H and O–H groups in total. The van der Waals surface area contributed by atoms with Crippen LogP contribution in [0, 0.1) is 39.9 Å². The number of thiocarbonyl (C=S) groups is 1. The van der Waals surface area contributed by atoms with Gasteiger partial charge in [0.15, 0.2) is 0 Å². The number of ether oxygens (including phenoxy) is 2. The molecule has 0 aromatic heterocycles. The van der Waals surface area contributed by atoms with Gasteiger partial charge >= 0.3 is 17.9 Å². The zero-order chi connectivity index (χ0) is 27.5. The Kier molecular flexibility index (Phi) is 22.6. The van der Waals surface area contributed by atoms with Crippen LogP contribution in [0.15, 0.2) is 4.99 Å². The molecule has 38 heavy (non-hydrogen) atoms. The molecule has 1 saturated heterocycles. The zero-order valence-electron chi connectivity index (χ0n) is 21.4. The van der Waals surface area contributed by atoms with Crippen molar-refractivity contribution in [1.29, 1.82) is 0 Å². The second kappa shape index (κ2) is 23.0. The number of β-amino-alcohol motifs (C(OH)–C–C–N with tert-alkyl or cyclic N) is 1. The van der Waals surface area contributed by atoms with Crippen LogP contribution in [0.4, 0.5) is 0 Å². The van der Waals surface area contributed by atoms with Crippen molar-refractivity contribution in [3.63, 3.8) is 0 Å². The molecule has 14 nitrogen and oxygen atoms in total. The number of carbonyl (C=O) groups is 3. The Morgan fingerprint density at radius 3 is 1.53 bits per heavy atom. The van der Waals surface area contributed by atoms with Crippen molar-refractivity contribution in [2.45, 2.75) is 6.10 Å². The van der Waals surface area contributed by atoms with E-state index in [4.69, 9.17) is 9.47 Å². The van der Waals surface area contributed by atoms with Crippen LogP contribution in [0.2, 0.25) is 0 Å². The summed E-state index contributed by atoms with van der Waals surface area (Å²) in [6.45, 7) is 4.20. The van der Waals surface area contributed by atoms with Crippen molar-refractivity contribution >= 4 is 35.3 Å². The molecule has 1 unspecified atom stereocenters. The standard InChI is InChI=1S/C22H39N5O9S.Gd/c28-19(17-36-12-11-35-10-1-23-18-37)13-24-2-4-25(14-20(29)30)6-8-27(16-22(33)34)9-7-26(5-3-24)15-21(31)32;/h19,28H,1-17H2,(H,29,30)(H,31,32)(H,33,34);. The molecular weight excluding hydrogens is 668 g/mol. The number of aliphatic hydroxyl groups excluding tert-OH is 1. The first-order valence-electron chi connectivity index (χ1n) is 12.1. The average Bonchev–Trinajstić information content (AvgIpc) is 2.81. The number of hydrogen-bond acceptors (Lipinski definition) is 12. The van der Waals surface area contributed by atoms with Crippen LogP contribution >= 0.6 is 12.2 Å². The maximum absolute atomic E-state index is 11.3. The molecule has 0 bridgehead atoms. The molecule has 0 aliphatic carbocycles. The maximum Gasteiger partial charge on any atom is 0.317 e. The number of aliphatic carboxylic acids is 3. The predicted molar refractivity (Wildman–Crippen MR) is 136 cm³/mol. The van der Waals surface area contributed by atoms with Gasteiger partial charge in [0.1, 0.15) is 0 Å². The summed E-state index contributed by atoms with van der Waals surface area (Å²) in [7, 11) is 0. The van der Waals surface area contributed by atoms with Gasteiger partial charge in [-0.25, -0.2) is 4.99 Å².